The Morgan fingerprint density at radius 2 is 2.00 bits per heavy atom. The lowest BCUT2D eigenvalue weighted by Gasteiger charge is -2.38. The molecule has 0 aromatic rings. The second-order valence-electron chi connectivity index (χ2n) is 5.16. The van der Waals surface area contributed by atoms with E-state index in [-0.39, 0.29) is 5.41 Å². The molecule has 0 spiro atoms. The highest BCUT2D eigenvalue weighted by atomic mass is 16.5. The van der Waals surface area contributed by atoms with Crippen LogP contribution in [0.15, 0.2) is 0 Å². The average molecular weight is 227 g/mol. The van der Waals surface area contributed by atoms with Crippen LogP contribution in [-0.2, 0) is 9.53 Å². The highest BCUT2D eigenvalue weighted by Crippen LogP contribution is 2.29. The van der Waals surface area contributed by atoms with Crippen molar-refractivity contribution in [1.29, 1.82) is 0 Å². The Morgan fingerprint density at radius 3 is 2.44 bits per heavy atom. The predicted octanol–water partition coefficient (Wildman–Crippen LogP) is 2.10. The molecule has 1 aliphatic heterocycles. The smallest absolute Gasteiger partial charge is 0.127 e. The summed E-state index contributed by atoms with van der Waals surface area (Å²) < 4.78 is 5.35. The number of carbonyl (C=O) groups is 1. The van der Waals surface area contributed by atoms with Gasteiger partial charge in [0, 0.05) is 31.2 Å². The third-order valence-corrected chi connectivity index (χ3v) is 3.50. The van der Waals surface area contributed by atoms with Gasteiger partial charge in [0.05, 0.1) is 0 Å². The molecule has 3 nitrogen and oxygen atoms in total. The normalized spacial score (nSPS) is 20.3. The summed E-state index contributed by atoms with van der Waals surface area (Å²) in [7, 11) is 0. The zero-order valence-corrected chi connectivity index (χ0v) is 10.9. The van der Waals surface area contributed by atoms with Crippen molar-refractivity contribution in [3.8, 4) is 0 Å². The van der Waals surface area contributed by atoms with E-state index >= 15 is 0 Å². The molecule has 0 atom stereocenters. The molecule has 0 amide bonds. The molecule has 94 valence electrons. The van der Waals surface area contributed by atoms with Gasteiger partial charge < -0.3 is 9.53 Å². The molecule has 0 radical (unpaired) electrons. The maximum absolute atomic E-state index is 11.4. The van der Waals surface area contributed by atoms with Gasteiger partial charge in [-0.3, -0.25) is 4.90 Å². The summed E-state index contributed by atoms with van der Waals surface area (Å²) in [5.41, 5.74) is -0.155. The van der Waals surface area contributed by atoms with Crippen LogP contribution in [0.1, 0.15) is 40.0 Å². The number of carbonyl (C=O) groups excluding carboxylic acids is 1. The van der Waals surface area contributed by atoms with Crippen LogP contribution in [0.4, 0.5) is 0 Å². The van der Waals surface area contributed by atoms with Crippen LogP contribution in [0.5, 0.6) is 0 Å². The fourth-order valence-electron chi connectivity index (χ4n) is 2.30. The van der Waals surface area contributed by atoms with Gasteiger partial charge in [0.2, 0.25) is 0 Å². The van der Waals surface area contributed by atoms with Gasteiger partial charge in [-0.05, 0) is 39.7 Å². The van der Waals surface area contributed by atoms with Crippen molar-refractivity contribution in [2.75, 3.05) is 26.3 Å². The molecule has 0 bridgehead atoms. The minimum Gasteiger partial charge on any atom is -0.381 e. The van der Waals surface area contributed by atoms with Gasteiger partial charge in [0.1, 0.15) is 6.29 Å². The zero-order chi connectivity index (χ0) is 12.0. The maximum Gasteiger partial charge on any atom is 0.127 e. The molecule has 1 heterocycles. The number of aldehydes is 1. The number of nitrogens with zero attached hydrogens (tertiary/aromatic N) is 1. The molecule has 16 heavy (non-hydrogen) atoms. The Hall–Kier alpha value is -0.410. The van der Waals surface area contributed by atoms with Gasteiger partial charge in [-0.15, -0.1) is 0 Å². The summed E-state index contributed by atoms with van der Waals surface area (Å²) >= 11 is 0. The molecular weight excluding hydrogens is 202 g/mol. The van der Waals surface area contributed by atoms with Crippen molar-refractivity contribution in [3.63, 3.8) is 0 Å². The van der Waals surface area contributed by atoms with Crippen LogP contribution in [0, 0.1) is 5.41 Å². The Balaban J connectivity index is 2.61. The SMILES string of the molecule is CCCN(CC1(C=O)CCOCC1)C(C)C. The number of ether oxygens (including phenoxy) is 1. The lowest BCUT2D eigenvalue weighted by molar-refractivity contribution is -0.123. The van der Waals surface area contributed by atoms with E-state index in [4.69, 9.17) is 4.74 Å². The van der Waals surface area contributed by atoms with Crippen molar-refractivity contribution in [1.82, 2.24) is 4.90 Å². The van der Waals surface area contributed by atoms with Crippen LogP contribution in [0.25, 0.3) is 0 Å². The van der Waals surface area contributed by atoms with E-state index in [9.17, 15) is 4.79 Å². The minimum atomic E-state index is -0.155. The first kappa shape index (κ1) is 13.7. The molecule has 0 saturated carbocycles. The Labute approximate surface area is 99.1 Å². The van der Waals surface area contributed by atoms with E-state index in [1.165, 1.54) is 6.29 Å². The minimum absolute atomic E-state index is 0.155. The molecule has 1 saturated heterocycles. The summed E-state index contributed by atoms with van der Waals surface area (Å²) in [5.74, 6) is 0. The first-order valence-electron chi connectivity index (χ1n) is 6.41. The molecule has 0 unspecified atom stereocenters. The van der Waals surface area contributed by atoms with E-state index in [1.807, 2.05) is 0 Å². The highest BCUT2D eigenvalue weighted by molar-refractivity contribution is 5.60. The van der Waals surface area contributed by atoms with Crippen molar-refractivity contribution < 1.29 is 9.53 Å². The molecule has 1 aliphatic rings. The van der Waals surface area contributed by atoms with Gasteiger partial charge in [0.25, 0.3) is 0 Å². The monoisotopic (exact) mass is 227 g/mol. The molecule has 0 aromatic heterocycles. The largest absolute Gasteiger partial charge is 0.381 e. The predicted molar refractivity (Wildman–Crippen MR) is 65.6 cm³/mol. The lowest BCUT2D eigenvalue weighted by Crippen LogP contribution is -2.45. The Kier molecular flexibility index (Phi) is 5.42. The van der Waals surface area contributed by atoms with Crippen LogP contribution in [0.2, 0.25) is 0 Å². The fourth-order valence-corrected chi connectivity index (χ4v) is 2.30. The van der Waals surface area contributed by atoms with Gasteiger partial charge in [-0.1, -0.05) is 6.92 Å². The maximum atomic E-state index is 11.4. The molecule has 0 N–H and O–H groups in total. The van der Waals surface area contributed by atoms with Crippen LogP contribution in [-0.4, -0.2) is 43.5 Å². The van der Waals surface area contributed by atoms with E-state index < -0.39 is 0 Å². The molecule has 0 aliphatic carbocycles. The highest BCUT2D eigenvalue weighted by Gasteiger charge is 2.34. The molecule has 0 aromatic carbocycles. The average Bonchev–Trinajstić information content (AvgIpc) is 2.29. The first-order valence-corrected chi connectivity index (χ1v) is 6.41. The van der Waals surface area contributed by atoms with Gasteiger partial charge in [0.15, 0.2) is 0 Å². The summed E-state index contributed by atoms with van der Waals surface area (Å²) in [4.78, 5) is 13.8. The van der Waals surface area contributed by atoms with Gasteiger partial charge in [-0.25, -0.2) is 0 Å². The van der Waals surface area contributed by atoms with Crippen molar-refractivity contribution in [2.45, 2.75) is 46.1 Å². The molecular formula is C13H25NO2. The molecule has 3 heteroatoms. The van der Waals surface area contributed by atoms with Gasteiger partial charge in [-0.2, -0.15) is 0 Å². The Morgan fingerprint density at radius 1 is 1.38 bits per heavy atom. The molecule has 1 rings (SSSR count). The topological polar surface area (TPSA) is 29.5 Å². The number of rotatable bonds is 6. The fraction of sp³-hybridized carbons (Fsp3) is 0.923. The second kappa shape index (κ2) is 6.36. The van der Waals surface area contributed by atoms with Gasteiger partial charge >= 0.3 is 0 Å². The zero-order valence-electron chi connectivity index (χ0n) is 10.9. The van der Waals surface area contributed by atoms with E-state index in [2.05, 4.69) is 25.7 Å². The third-order valence-electron chi connectivity index (χ3n) is 3.50. The van der Waals surface area contributed by atoms with Crippen LogP contribution in [0.3, 0.4) is 0 Å². The second-order valence-corrected chi connectivity index (χ2v) is 5.16. The standard InChI is InChI=1S/C13H25NO2/c1-4-7-14(12(2)3)10-13(11-15)5-8-16-9-6-13/h11-12H,4-10H2,1-3H3. The summed E-state index contributed by atoms with van der Waals surface area (Å²) in [6.45, 7) is 10.0. The lowest BCUT2D eigenvalue weighted by atomic mass is 9.81. The summed E-state index contributed by atoms with van der Waals surface area (Å²) in [6, 6.07) is 0.514. The van der Waals surface area contributed by atoms with E-state index in [0.717, 1.165) is 45.6 Å². The Bertz CT molecular complexity index is 210. The summed E-state index contributed by atoms with van der Waals surface area (Å²) in [5, 5.41) is 0. The summed E-state index contributed by atoms with van der Waals surface area (Å²) in [6.07, 6.45) is 4.07. The number of hydrogen-bond acceptors (Lipinski definition) is 3. The van der Waals surface area contributed by atoms with Crippen molar-refractivity contribution in [3.05, 3.63) is 0 Å². The van der Waals surface area contributed by atoms with E-state index in [0.29, 0.717) is 6.04 Å². The van der Waals surface area contributed by atoms with E-state index in [1.54, 1.807) is 0 Å². The van der Waals surface area contributed by atoms with Crippen molar-refractivity contribution in [2.24, 2.45) is 5.41 Å². The van der Waals surface area contributed by atoms with Crippen LogP contribution < -0.4 is 0 Å². The quantitative estimate of drug-likeness (QED) is 0.651. The first-order chi connectivity index (χ1) is 7.63. The molecule has 1 fully saturated rings. The van der Waals surface area contributed by atoms with Crippen molar-refractivity contribution >= 4 is 6.29 Å². The number of hydrogen-bond donors (Lipinski definition) is 0. The van der Waals surface area contributed by atoms with Crippen LogP contribution >= 0.6 is 0 Å². The third kappa shape index (κ3) is 3.56.